The molecule has 3 rings (SSSR count). The van der Waals surface area contributed by atoms with Crippen molar-refractivity contribution >= 4 is 17.2 Å². The van der Waals surface area contributed by atoms with Crippen LogP contribution in [0.2, 0.25) is 0 Å². The van der Waals surface area contributed by atoms with Gasteiger partial charge >= 0.3 is 0 Å². The third kappa shape index (κ3) is 3.77. The van der Waals surface area contributed by atoms with Gasteiger partial charge in [-0.15, -0.1) is 11.3 Å². The van der Waals surface area contributed by atoms with Gasteiger partial charge in [0.25, 0.3) is 0 Å². The Morgan fingerprint density at radius 3 is 3.09 bits per heavy atom. The average molecular weight is 317 g/mol. The van der Waals surface area contributed by atoms with Crippen molar-refractivity contribution in [3.8, 4) is 0 Å². The smallest absolute Gasteiger partial charge is 0.223 e. The summed E-state index contributed by atoms with van der Waals surface area (Å²) in [4.78, 5) is 16.0. The summed E-state index contributed by atoms with van der Waals surface area (Å²) < 4.78 is 1.98. The van der Waals surface area contributed by atoms with Gasteiger partial charge in [-0.05, 0) is 49.6 Å². The van der Waals surface area contributed by atoms with Crippen LogP contribution < -0.4 is 0 Å². The lowest BCUT2D eigenvalue weighted by Gasteiger charge is -2.36. The zero-order chi connectivity index (χ0) is 15.4. The van der Waals surface area contributed by atoms with E-state index >= 15 is 0 Å². The molecule has 0 aromatic carbocycles. The number of rotatable bonds is 5. The highest BCUT2D eigenvalue weighted by Crippen LogP contribution is 2.21. The number of hydrogen-bond donors (Lipinski definition) is 0. The second-order valence-electron chi connectivity index (χ2n) is 6.06. The second-order valence-corrected chi connectivity index (χ2v) is 7.09. The Kier molecular flexibility index (Phi) is 4.93. The van der Waals surface area contributed by atoms with Crippen LogP contribution in [0.1, 0.15) is 36.1 Å². The van der Waals surface area contributed by atoms with Crippen LogP contribution in [-0.4, -0.2) is 33.2 Å². The average Bonchev–Trinajstić information content (AvgIpc) is 3.17. The lowest BCUT2D eigenvalue weighted by Crippen LogP contribution is -2.46. The minimum atomic E-state index is 0.293. The maximum Gasteiger partial charge on any atom is 0.223 e. The molecule has 0 unspecified atom stereocenters. The number of nitrogens with zero attached hydrogens (tertiary/aromatic N) is 3. The molecule has 0 saturated carbocycles. The zero-order valence-corrected chi connectivity index (χ0v) is 13.9. The molecule has 0 bridgehead atoms. The van der Waals surface area contributed by atoms with Gasteiger partial charge in [-0.25, -0.2) is 0 Å². The molecule has 1 aliphatic rings. The van der Waals surface area contributed by atoms with E-state index in [1.807, 2.05) is 23.9 Å². The van der Waals surface area contributed by atoms with Crippen molar-refractivity contribution in [3.05, 3.63) is 40.3 Å². The summed E-state index contributed by atoms with van der Waals surface area (Å²) >= 11 is 1.73. The topological polar surface area (TPSA) is 38.1 Å². The van der Waals surface area contributed by atoms with E-state index in [0.717, 1.165) is 32.4 Å². The number of amides is 1. The SMILES string of the molecule is Cc1cnn(C[C@H]2CCCCN2C(=O)CCc2cccs2)c1. The minimum Gasteiger partial charge on any atom is -0.338 e. The number of hydrogen-bond acceptors (Lipinski definition) is 3. The fourth-order valence-corrected chi connectivity index (χ4v) is 3.84. The maximum atomic E-state index is 12.6. The van der Waals surface area contributed by atoms with Gasteiger partial charge < -0.3 is 4.90 Å². The molecule has 5 heteroatoms. The quantitative estimate of drug-likeness (QED) is 0.849. The van der Waals surface area contributed by atoms with Gasteiger partial charge in [0.15, 0.2) is 0 Å². The molecule has 4 nitrogen and oxygen atoms in total. The van der Waals surface area contributed by atoms with Crippen molar-refractivity contribution in [1.82, 2.24) is 14.7 Å². The van der Waals surface area contributed by atoms with Crippen molar-refractivity contribution in [2.24, 2.45) is 0 Å². The molecular weight excluding hydrogens is 294 g/mol. The van der Waals surface area contributed by atoms with Crippen LogP contribution in [-0.2, 0) is 17.8 Å². The van der Waals surface area contributed by atoms with Crippen molar-refractivity contribution < 1.29 is 4.79 Å². The normalized spacial score (nSPS) is 18.6. The number of thiophene rings is 1. The van der Waals surface area contributed by atoms with E-state index in [-0.39, 0.29) is 0 Å². The summed E-state index contributed by atoms with van der Waals surface area (Å²) in [7, 11) is 0. The first kappa shape index (κ1) is 15.3. The van der Waals surface area contributed by atoms with Gasteiger partial charge in [0.05, 0.1) is 18.8 Å². The van der Waals surface area contributed by atoms with Gasteiger partial charge in [-0.2, -0.15) is 5.10 Å². The summed E-state index contributed by atoms with van der Waals surface area (Å²) in [6, 6.07) is 4.45. The molecule has 0 spiro atoms. The van der Waals surface area contributed by atoms with Crippen molar-refractivity contribution in [2.75, 3.05) is 6.54 Å². The van der Waals surface area contributed by atoms with E-state index < -0.39 is 0 Å². The van der Waals surface area contributed by atoms with Gasteiger partial charge in [-0.3, -0.25) is 9.48 Å². The number of likely N-dealkylation sites (tertiary alicyclic amines) is 1. The van der Waals surface area contributed by atoms with Crippen molar-refractivity contribution in [1.29, 1.82) is 0 Å². The molecule has 0 N–H and O–H groups in total. The van der Waals surface area contributed by atoms with Crippen LogP contribution in [0.15, 0.2) is 29.9 Å². The van der Waals surface area contributed by atoms with E-state index in [2.05, 4.69) is 27.6 Å². The van der Waals surface area contributed by atoms with Gasteiger partial charge in [-0.1, -0.05) is 6.07 Å². The predicted molar refractivity (Wildman–Crippen MR) is 89.0 cm³/mol. The Morgan fingerprint density at radius 2 is 2.36 bits per heavy atom. The largest absolute Gasteiger partial charge is 0.338 e. The van der Waals surface area contributed by atoms with E-state index in [9.17, 15) is 4.79 Å². The molecule has 1 atom stereocenters. The van der Waals surface area contributed by atoms with Gasteiger partial charge in [0, 0.05) is 24.0 Å². The molecule has 2 aromatic rings. The Labute approximate surface area is 135 Å². The maximum absolute atomic E-state index is 12.6. The van der Waals surface area contributed by atoms with Crippen molar-refractivity contribution in [3.63, 3.8) is 0 Å². The number of aryl methyl sites for hydroxylation is 2. The molecule has 118 valence electrons. The summed E-state index contributed by atoms with van der Waals surface area (Å²) in [5.41, 5.74) is 1.17. The monoisotopic (exact) mass is 317 g/mol. The summed E-state index contributed by atoms with van der Waals surface area (Å²) in [6.07, 6.45) is 8.84. The Morgan fingerprint density at radius 1 is 1.45 bits per heavy atom. The predicted octanol–water partition coefficient (Wildman–Crippen LogP) is 3.27. The Hall–Kier alpha value is -1.62. The minimum absolute atomic E-state index is 0.293. The summed E-state index contributed by atoms with van der Waals surface area (Å²) in [5, 5.41) is 6.44. The Balaban J connectivity index is 1.60. The van der Waals surface area contributed by atoms with Crippen LogP contribution in [0.3, 0.4) is 0 Å². The van der Waals surface area contributed by atoms with E-state index in [4.69, 9.17) is 0 Å². The second kappa shape index (κ2) is 7.09. The fourth-order valence-electron chi connectivity index (χ4n) is 3.13. The molecule has 3 heterocycles. The summed E-state index contributed by atoms with van der Waals surface area (Å²) in [6.45, 7) is 3.76. The molecular formula is C17H23N3OS. The highest BCUT2D eigenvalue weighted by atomic mass is 32.1. The lowest BCUT2D eigenvalue weighted by molar-refractivity contribution is -0.135. The fraction of sp³-hybridized carbons (Fsp3) is 0.529. The number of piperidine rings is 1. The number of carbonyl (C=O) groups excluding carboxylic acids is 1. The molecule has 0 radical (unpaired) electrons. The van der Waals surface area contributed by atoms with Crippen LogP contribution >= 0.6 is 11.3 Å². The number of aromatic nitrogens is 2. The molecule has 22 heavy (non-hydrogen) atoms. The molecule has 1 fully saturated rings. The van der Waals surface area contributed by atoms with Crippen LogP contribution in [0.25, 0.3) is 0 Å². The molecule has 2 aromatic heterocycles. The van der Waals surface area contributed by atoms with Crippen LogP contribution in [0.5, 0.6) is 0 Å². The standard InChI is InChI=1S/C17H23N3OS/c1-14-11-18-19(12-14)13-15-5-2-3-9-20(15)17(21)8-7-16-6-4-10-22-16/h4,6,10-12,15H,2-3,5,7-9,13H2,1H3/t15-/m1/s1. The van der Waals surface area contributed by atoms with Gasteiger partial charge in [0.2, 0.25) is 5.91 Å². The third-order valence-corrected chi connectivity index (χ3v) is 5.21. The highest BCUT2D eigenvalue weighted by molar-refractivity contribution is 7.09. The van der Waals surface area contributed by atoms with E-state index in [1.54, 1.807) is 11.3 Å². The molecule has 0 aliphatic carbocycles. The molecule has 1 saturated heterocycles. The van der Waals surface area contributed by atoms with Crippen LogP contribution in [0, 0.1) is 6.92 Å². The van der Waals surface area contributed by atoms with Gasteiger partial charge in [0.1, 0.15) is 0 Å². The third-order valence-electron chi connectivity index (χ3n) is 4.27. The molecule has 1 amide bonds. The van der Waals surface area contributed by atoms with E-state index in [0.29, 0.717) is 18.4 Å². The van der Waals surface area contributed by atoms with E-state index in [1.165, 1.54) is 16.9 Å². The number of carbonyl (C=O) groups is 1. The lowest BCUT2D eigenvalue weighted by atomic mass is 10.0. The Bertz CT molecular complexity index is 605. The summed E-state index contributed by atoms with van der Waals surface area (Å²) in [5.74, 6) is 0.293. The first-order valence-corrected chi connectivity index (χ1v) is 8.91. The highest BCUT2D eigenvalue weighted by Gasteiger charge is 2.26. The van der Waals surface area contributed by atoms with Crippen LogP contribution in [0.4, 0.5) is 0 Å². The van der Waals surface area contributed by atoms with Crippen molar-refractivity contribution in [2.45, 2.75) is 51.6 Å². The first-order chi connectivity index (χ1) is 10.7. The first-order valence-electron chi connectivity index (χ1n) is 8.03. The zero-order valence-electron chi connectivity index (χ0n) is 13.1. The molecule has 1 aliphatic heterocycles.